The second kappa shape index (κ2) is 11.0. The molecule has 0 spiro atoms. The molecule has 1 aliphatic rings. The maximum absolute atomic E-state index is 14.0. The van der Waals surface area contributed by atoms with Gasteiger partial charge in [-0.15, -0.1) is 0 Å². The van der Waals surface area contributed by atoms with Crippen LogP contribution in [0, 0.1) is 11.7 Å². The van der Waals surface area contributed by atoms with Gasteiger partial charge in [-0.05, 0) is 61.1 Å². The summed E-state index contributed by atoms with van der Waals surface area (Å²) in [5.41, 5.74) is 2.93. The molecule has 4 rings (SSSR count). The van der Waals surface area contributed by atoms with Crippen LogP contribution in [-0.4, -0.2) is 31.4 Å². The summed E-state index contributed by atoms with van der Waals surface area (Å²) in [6.45, 7) is 4.51. The third-order valence-electron chi connectivity index (χ3n) is 6.28. The number of anilines is 2. The molecule has 1 heterocycles. The average Bonchev–Trinajstić information content (AvgIpc) is 2.85. The van der Waals surface area contributed by atoms with Crippen LogP contribution in [0.25, 0.3) is 0 Å². The Labute approximate surface area is 200 Å². The minimum atomic E-state index is -0.585. The van der Waals surface area contributed by atoms with Gasteiger partial charge in [-0.25, -0.2) is 4.39 Å². The summed E-state index contributed by atoms with van der Waals surface area (Å²) in [5, 5.41) is 5.75. The highest BCUT2D eigenvalue weighted by Crippen LogP contribution is 2.29. The first kappa shape index (κ1) is 23.5. The Morgan fingerprint density at radius 2 is 1.62 bits per heavy atom. The van der Waals surface area contributed by atoms with Crippen LogP contribution in [-0.2, 0) is 6.42 Å². The Morgan fingerprint density at radius 1 is 0.912 bits per heavy atom. The Bertz CT molecular complexity index is 1140. The summed E-state index contributed by atoms with van der Waals surface area (Å²) in [5.74, 6) is -0.656. The largest absolute Gasteiger partial charge is 0.371 e. The lowest BCUT2D eigenvalue weighted by molar-refractivity contribution is 0.0953. The van der Waals surface area contributed by atoms with Crippen molar-refractivity contribution in [3.05, 3.63) is 95.3 Å². The van der Waals surface area contributed by atoms with Crippen molar-refractivity contribution in [1.29, 1.82) is 0 Å². The number of nitrogens with zero attached hydrogens (tertiary/aromatic N) is 1. The van der Waals surface area contributed by atoms with Crippen LogP contribution in [0.1, 0.15) is 46.0 Å². The molecule has 0 unspecified atom stereocenters. The number of halogens is 1. The molecule has 0 atom stereocenters. The van der Waals surface area contributed by atoms with Gasteiger partial charge in [0.05, 0.1) is 11.1 Å². The molecule has 2 amide bonds. The average molecular weight is 460 g/mol. The van der Waals surface area contributed by atoms with Gasteiger partial charge < -0.3 is 15.5 Å². The van der Waals surface area contributed by atoms with E-state index in [9.17, 15) is 14.0 Å². The van der Waals surface area contributed by atoms with Gasteiger partial charge in [0.2, 0.25) is 0 Å². The summed E-state index contributed by atoms with van der Waals surface area (Å²) in [6.07, 6.45) is 2.87. The number of carbonyl (C=O) groups is 2. The van der Waals surface area contributed by atoms with E-state index in [4.69, 9.17) is 0 Å². The van der Waals surface area contributed by atoms with Crippen LogP contribution in [0.2, 0.25) is 0 Å². The predicted octanol–water partition coefficient (Wildman–Crippen LogP) is 5.29. The standard InChI is InChI=1S/C28H30FN3O2/c1-20-14-17-32(18-15-20)26-12-11-22(31-28(34)23-9-5-6-10-25(23)29)19-24(26)27(33)30-16-13-21-7-3-2-4-8-21/h2-12,19-20H,13-18H2,1H3,(H,30,33)(H,31,34). The molecule has 5 nitrogen and oxygen atoms in total. The van der Waals surface area contributed by atoms with Crippen molar-refractivity contribution in [3.8, 4) is 0 Å². The smallest absolute Gasteiger partial charge is 0.258 e. The fourth-order valence-electron chi connectivity index (χ4n) is 4.22. The van der Waals surface area contributed by atoms with Crippen LogP contribution in [0.5, 0.6) is 0 Å². The number of amides is 2. The summed E-state index contributed by atoms with van der Waals surface area (Å²) in [6, 6.07) is 21.2. The highest BCUT2D eigenvalue weighted by molar-refractivity contribution is 6.06. The van der Waals surface area contributed by atoms with Crippen molar-refractivity contribution >= 4 is 23.2 Å². The minimum Gasteiger partial charge on any atom is -0.371 e. The zero-order valence-corrected chi connectivity index (χ0v) is 19.4. The Morgan fingerprint density at radius 3 is 2.35 bits per heavy atom. The number of hydrogen-bond donors (Lipinski definition) is 2. The summed E-state index contributed by atoms with van der Waals surface area (Å²) >= 11 is 0. The second-order valence-electron chi connectivity index (χ2n) is 8.83. The van der Waals surface area contributed by atoms with E-state index >= 15 is 0 Å². The molecule has 3 aromatic rings. The van der Waals surface area contributed by atoms with E-state index in [2.05, 4.69) is 22.5 Å². The summed E-state index contributed by atoms with van der Waals surface area (Å²) in [7, 11) is 0. The summed E-state index contributed by atoms with van der Waals surface area (Å²) < 4.78 is 14.0. The monoisotopic (exact) mass is 459 g/mol. The normalized spacial score (nSPS) is 14.0. The first-order valence-electron chi connectivity index (χ1n) is 11.8. The van der Waals surface area contributed by atoms with Gasteiger partial charge in [-0.3, -0.25) is 9.59 Å². The fourth-order valence-corrected chi connectivity index (χ4v) is 4.22. The van der Waals surface area contributed by atoms with Gasteiger partial charge in [0, 0.05) is 31.0 Å². The SMILES string of the molecule is CC1CCN(c2ccc(NC(=O)c3ccccc3F)cc2C(=O)NCCc2ccccc2)CC1. The Hall–Kier alpha value is -3.67. The van der Waals surface area contributed by atoms with Crippen molar-refractivity contribution in [3.63, 3.8) is 0 Å². The number of nitrogens with one attached hydrogen (secondary N) is 2. The predicted molar refractivity (Wildman–Crippen MR) is 134 cm³/mol. The van der Waals surface area contributed by atoms with E-state index in [1.165, 1.54) is 18.2 Å². The highest BCUT2D eigenvalue weighted by atomic mass is 19.1. The molecule has 34 heavy (non-hydrogen) atoms. The van der Waals surface area contributed by atoms with Crippen molar-refractivity contribution in [1.82, 2.24) is 5.32 Å². The van der Waals surface area contributed by atoms with Crippen LogP contribution in [0.4, 0.5) is 15.8 Å². The molecule has 1 saturated heterocycles. The maximum atomic E-state index is 14.0. The number of hydrogen-bond acceptors (Lipinski definition) is 3. The molecule has 0 radical (unpaired) electrons. The lowest BCUT2D eigenvalue weighted by Gasteiger charge is -2.33. The topological polar surface area (TPSA) is 61.4 Å². The van der Waals surface area contributed by atoms with E-state index in [0.29, 0.717) is 23.7 Å². The molecule has 1 fully saturated rings. The number of rotatable bonds is 7. The number of benzene rings is 3. The molecule has 0 bridgehead atoms. The molecule has 2 N–H and O–H groups in total. The maximum Gasteiger partial charge on any atom is 0.258 e. The van der Waals surface area contributed by atoms with Crippen molar-refractivity contribution in [2.75, 3.05) is 29.9 Å². The zero-order chi connectivity index (χ0) is 23.9. The van der Waals surface area contributed by atoms with Crippen LogP contribution in [0.3, 0.4) is 0 Å². The van der Waals surface area contributed by atoms with E-state index < -0.39 is 11.7 Å². The summed E-state index contributed by atoms with van der Waals surface area (Å²) in [4.78, 5) is 28.1. The van der Waals surface area contributed by atoms with Crippen LogP contribution < -0.4 is 15.5 Å². The van der Waals surface area contributed by atoms with Crippen molar-refractivity contribution < 1.29 is 14.0 Å². The van der Waals surface area contributed by atoms with Gasteiger partial charge >= 0.3 is 0 Å². The first-order chi connectivity index (χ1) is 16.5. The highest BCUT2D eigenvalue weighted by Gasteiger charge is 2.22. The Balaban J connectivity index is 1.53. The van der Waals surface area contributed by atoms with Gasteiger partial charge in [0.15, 0.2) is 0 Å². The van der Waals surface area contributed by atoms with Gasteiger partial charge in [0.25, 0.3) is 11.8 Å². The molecule has 0 aliphatic carbocycles. The molecule has 176 valence electrons. The molecule has 6 heteroatoms. The zero-order valence-electron chi connectivity index (χ0n) is 19.4. The fraction of sp³-hybridized carbons (Fsp3) is 0.286. The van der Waals surface area contributed by atoms with Gasteiger partial charge in [0.1, 0.15) is 5.82 Å². The molecular formula is C28H30FN3O2. The Kier molecular flexibility index (Phi) is 7.58. The van der Waals surface area contributed by atoms with Gasteiger partial charge in [-0.2, -0.15) is 0 Å². The molecule has 3 aromatic carbocycles. The van der Waals surface area contributed by atoms with Crippen LogP contribution in [0.15, 0.2) is 72.8 Å². The lowest BCUT2D eigenvalue weighted by atomic mass is 9.97. The van der Waals surface area contributed by atoms with E-state index in [-0.39, 0.29) is 11.5 Å². The van der Waals surface area contributed by atoms with Gasteiger partial charge in [-0.1, -0.05) is 49.4 Å². The van der Waals surface area contributed by atoms with Crippen molar-refractivity contribution in [2.45, 2.75) is 26.2 Å². The lowest BCUT2D eigenvalue weighted by Crippen LogP contribution is -2.35. The third-order valence-corrected chi connectivity index (χ3v) is 6.28. The molecule has 1 aliphatic heterocycles. The quantitative estimate of drug-likeness (QED) is 0.505. The third kappa shape index (κ3) is 5.81. The number of piperidine rings is 1. The first-order valence-corrected chi connectivity index (χ1v) is 11.8. The molecule has 0 saturated carbocycles. The van der Waals surface area contributed by atoms with Crippen LogP contribution >= 0.6 is 0 Å². The van der Waals surface area contributed by atoms with E-state index in [0.717, 1.165) is 43.6 Å². The van der Waals surface area contributed by atoms with E-state index in [1.807, 2.05) is 36.4 Å². The van der Waals surface area contributed by atoms with Crippen molar-refractivity contribution in [2.24, 2.45) is 5.92 Å². The minimum absolute atomic E-state index is 0.0366. The van der Waals surface area contributed by atoms with E-state index in [1.54, 1.807) is 18.2 Å². The molecular weight excluding hydrogens is 429 g/mol. The molecule has 0 aromatic heterocycles. The number of carbonyl (C=O) groups excluding carboxylic acids is 2. The second-order valence-corrected chi connectivity index (χ2v) is 8.83.